The van der Waals surface area contributed by atoms with Gasteiger partial charge >= 0.3 is 0 Å². The van der Waals surface area contributed by atoms with Crippen molar-refractivity contribution in [3.8, 4) is 22.4 Å². The number of hydrogen-bond donors (Lipinski definition) is 3. The van der Waals surface area contributed by atoms with Crippen LogP contribution in [0.15, 0.2) is 59.5 Å². The molecular weight excluding hydrogens is 452 g/mol. The molecule has 0 radical (unpaired) electrons. The van der Waals surface area contributed by atoms with Gasteiger partial charge in [-0.2, -0.15) is 0 Å². The molecule has 2 aromatic carbocycles. The lowest BCUT2D eigenvalue weighted by atomic mass is 9.95. The number of nitrogens with zero attached hydrogens (tertiary/aromatic N) is 1. The molecule has 0 spiro atoms. The second-order valence-corrected chi connectivity index (χ2v) is 9.49. The summed E-state index contributed by atoms with van der Waals surface area (Å²) in [7, 11) is 0. The molecule has 1 amide bonds. The normalized spacial score (nSPS) is 14.3. The number of fused-ring (bicyclic) bond motifs is 1. The van der Waals surface area contributed by atoms with Gasteiger partial charge in [0.05, 0.1) is 24.5 Å². The first-order chi connectivity index (χ1) is 17.5. The van der Waals surface area contributed by atoms with Crippen molar-refractivity contribution < 1.29 is 9.53 Å². The highest BCUT2D eigenvalue weighted by Crippen LogP contribution is 2.38. The molecule has 0 saturated carbocycles. The van der Waals surface area contributed by atoms with E-state index in [0.29, 0.717) is 17.7 Å². The lowest BCUT2D eigenvalue weighted by Crippen LogP contribution is -2.38. The molecule has 5 rings (SSSR count). The minimum Gasteiger partial charge on any atom is -0.379 e. The first-order valence-electron chi connectivity index (χ1n) is 12.5. The summed E-state index contributed by atoms with van der Waals surface area (Å²) in [5.74, 6) is -0.0921. The molecule has 2 aromatic heterocycles. The van der Waals surface area contributed by atoms with E-state index in [1.54, 1.807) is 6.20 Å². The van der Waals surface area contributed by atoms with Crippen LogP contribution in [0.1, 0.15) is 27.9 Å². The number of ether oxygens (including phenoxy) is 1. The molecule has 0 unspecified atom stereocenters. The van der Waals surface area contributed by atoms with E-state index in [2.05, 4.69) is 52.2 Å². The SMILES string of the molecule is Cc1cc(C)cc(-c2c(-c3ccc[nH]c3=O)[nH]c3ccc(C(=O)NCCCN4CCOCC4)cc23)c1. The zero-order valence-corrected chi connectivity index (χ0v) is 20.8. The second kappa shape index (κ2) is 10.5. The van der Waals surface area contributed by atoms with Gasteiger partial charge in [0.2, 0.25) is 0 Å². The summed E-state index contributed by atoms with van der Waals surface area (Å²) < 4.78 is 5.40. The molecule has 1 aliphatic heterocycles. The van der Waals surface area contributed by atoms with Crippen molar-refractivity contribution in [2.24, 2.45) is 0 Å². The van der Waals surface area contributed by atoms with Gasteiger partial charge in [0.1, 0.15) is 0 Å². The van der Waals surface area contributed by atoms with Crippen LogP contribution in [0.3, 0.4) is 0 Å². The number of pyridine rings is 1. The molecule has 0 atom stereocenters. The van der Waals surface area contributed by atoms with Crippen LogP contribution in [-0.2, 0) is 4.74 Å². The number of morpholine rings is 1. The van der Waals surface area contributed by atoms with Crippen molar-refractivity contribution in [2.75, 3.05) is 39.4 Å². The molecule has 0 bridgehead atoms. The Bertz CT molecular complexity index is 1430. The lowest BCUT2D eigenvalue weighted by Gasteiger charge is -2.26. The number of carbonyl (C=O) groups excluding carboxylic acids is 1. The molecule has 3 heterocycles. The fraction of sp³-hybridized carbons (Fsp3) is 0.310. The second-order valence-electron chi connectivity index (χ2n) is 9.49. The maximum atomic E-state index is 13.0. The molecule has 7 nitrogen and oxygen atoms in total. The van der Waals surface area contributed by atoms with Crippen molar-refractivity contribution in [1.29, 1.82) is 0 Å². The van der Waals surface area contributed by atoms with Crippen LogP contribution >= 0.6 is 0 Å². The number of rotatable bonds is 7. The Kier molecular flexibility index (Phi) is 7.02. The molecule has 1 saturated heterocycles. The fourth-order valence-electron chi connectivity index (χ4n) is 5.00. The highest BCUT2D eigenvalue weighted by molar-refractivity contribution is 6.07. The predicted octanol–water partition coefficient (Wildman–Crippen LogP) is 4.26. The number of aromatic amines is 2. The number of aromatic nitrogens is 2. The number of amides is 1. The van der Waals surface area contributed by atoms with E-state index < -0.39 is 0 Å². The van der Waals surface area contributed by atoms with E-state index in [1.165, 1.54) is 0 Å². The minimum absolute atomic E-state index is 0.0921. The first-order valence-corrected chi connectivity index (χ1v) is 12.5. The molecule has 1 aliphatic rings. The molecule has 7 heteroatoms. The van der Waals surface area contributed by atoms with Gasteiger partial charge < -0.3 is 20.0 Å². The van der Waals surface area contributed by atoms with E-state index in [0.717, 1.165) is 78.1 Å². The smallest absolute Gasteiger partial charge is 0.257 e. The van der Waals surface area contributed by atoms with Crippen LogP contribution in [-0.4, -0.2) is 60.2 Å². The minimum atomic E-state index is -0.159. The van der Waals surface area contributed by atoms with Crippen LogP contribution in [0, 0.1) is 13.8 Å². The number of benzene rings is 2. The zero-order valence-electron chi connectivity index (χ0n) is 20.8. The molecule has 1 fully saturated rings. The maximum Gasteiger partial charge on any atom is 0.257 e. The maximum absolute atomic E-state index is 13.0. The van der Waals surface area contributed by atoms with E-state index in [1.807, 2.05) is 30.3 Å². The van der Waals surface area contributed by atoms with E-state index in [9.17, 15) is 9.59 Å². The van der Waals surface area contributed by atoms with Crippen LogP contribution in [0.25, 0.3) is 33.3 Å². The molecule has 3 N–H and O–H groups in total. The third kappa shape index (κ3) is 5.12. The zero-order chi connectivity index (χ0) is 25.1. The standard InChI is InChI=1S/C29H32N4O3/c1-19-15-20(2)17-22(16-19)26-24-18-21(28(34)30-9-4-10-33-11-13-36-14-12-33)6-7-25(24)32-27(26)23-5-3-8-31-29(23)35/h3,5-8,15-18,32H,4,9-14H2,1-2H3,(H,30,34)(H,31,35). The Balaban J connectivity index is 1.47. The van der Waals surface area contributed by atoms with Gasteiger partial charge in [-0.15, -0.1) is 0 Å². The summed E-state index contributed by atoms with van der Waals surface area (Å²) >= 11 is 0. The quantitative estimate of drug-likeness (QED) is 0.342. The van der Waals surface area contributed by atoms with Gasteiger partial charge in [0, 0.05) is 47.9 Å². The van der Waals surface area contributed by atoms with Gasteiger partial charge in [-0.3, -0.25) is 14.5 Å². The van der Waals surface area contributed by atoms with Crippen LogP contribution in [0.2, 0.25) is 0 Å². The molecule has 0 aliphatic carbocycles. The topological polar surface area (TPSA) is 90.2 Å². The van der Waals surface area contributed by atoms with Crippen molar-refractivity contribution >= 4 is 16.8 Å². The van der Waals surface area contributed by atoms with Gasteiger partial charge in [0.15, 0.2) is 0 Å². The average molecular weight is 485 g/mol. The Hall–Kier alpha value is -3.68. The highest BCUT2D eigenvalue weighted by atomic mass is 16.5. The Morgan fingerprint density at radius 2 is 1.83 bits per heavy atom. The Labute approximate surface area is 210 Å². The number of H-pyrrole nitrogens is 2. The third-order valence-corrected chi connectivity index (χ3v) is 6.70. The van der Waals surface area contributed by atoms with Crippen molar-refractivity contribution in [3.05, 3.63) is 81.8 Å². The predicted molar refractivity (Wildman–Crippen MR) is 143 cm³/mol. The number of aryl methyl sites for hydroxylation is 2. The lowest BCUT2D eigenvalue weighted by molar-refractivity contribution is 0.0374. The van der Waals surface area contributed by atoms with Gasteiger partial charge in [-0.1, -0.05) is 29.3 Å². The van der Waals surface area contributed by atoms with Gasteiger partial charge in [-0.25, -0.2) is 0 Å². The first kappa shape index (κ1) is 24.0. The van der Waals surface area contributed by atoms with Crippen LogP contribution < -0.4 is 10.9 Å². The fourth-order valence-corrected chi connectivity index (χ4v) is 5.00. The Morgan fingerprint density at radius 1 is 1.06 bits per heavy atom. The molecule has 186 valence electrons. The summed E-state index contributed by atoms with van der Waals surface area (Å²) in [6.07, 6.45) is 2.53. The van der Waals surface area contributed by atoms with Crippen LogP contribution in [0.4, 0.5) is 0 Å². The third-order valence-electron chi connectivity index (χ3n) is 6.70. The van der Waals surface area contributed by atoms with Crippen molar-refractivity contribution in [3.63, 3.8) is 0 Å². The van der Waals surface area contributed by atoms with Gasteiger partial charge in [-0.05, 0) is 62.7 Å². The largest absolute Gasteiger partial charge is 0.379 e. The van der Waals surface area contributed by atoms with E-state index >= 15 is 0 Å². The number of carbonyl (C=O) groups is 1. The summed E-state index contributed by atoms with van der Waals surface area (Å²) in [6.45, 7) is 9.16. The molecular formula is C29H32N4O3. The van der Waals surface area contributed by atoms with Crippen molar-refractivity contribution in [1.82, 2.24) is 20.2 Å². The van der Waals surface area contributed by atoms with Crippen LogP contribution in [0.5, 0.6) is 0 Å². The molecule has 4 aromatic rings. The van der Waals surface area contributed by atoms with E-state index in [4.69, 9.17) is 4.74 Å². The average Bonchev–Trinajstić information content (AvgIpc) is 3.25. The summed E-state index contributed by atoms with van der Waals surface area (Å²) in [5.41, 5.74) is 6.86. The summed E-state index contributed by atoms with van der Waals surface area (Å²) in [5, 5.41) is 3.98. The molecule has 36 heavy (non-hydrogen) atoms. The Morgan fingerprint density at radius 3 is 2.58 bits per heavy atom. The summed E-state index contributed by atoms with van der Waals surface area (Å²) in [4.78, 5) is 34.3. The van der Waals surface area contributed by atoms with E-state index in [-0.39, 0.29) is 11.5 Å². The monoisotopic (exact) mass is 484 g/mol. The van der Waals surface area contributed by atoms with Crippen molar-refractivity contribution in [2.45, 2.75) is 20.3 Å². The number of nitrogens with one attached hydrogen (secondary N) is 3. The van der Waals surface area contributed by atoms with Gasteiger partial charge in [0.25, 0.3) is 11.5 Å². The number of hydrogen-bond acceptors (Lipinski definition) is 4. The summed E-state index contributed by atoms with van der Waals surface area (Å²) in [6, 6.07) is 15.7. The highest BCUT2D eigenvalue weighted by Gasteiger charge is 2.19.